The molecule has 0 atom stereocenters. The van der Waals surface area contributed by atoms with E-state index >= 15 is 8.78 Å². The topological polar surface area (TPSA) is 73.4 Å². The third kappa shape index (κ3) is 4.96. The van der Waals surface area contributed by atoms with Crippen molar-refractivity contribution in [1.29, 1.82) is 0 Å². The van der Waals surface area contributed by atoms with E-state index in [9.17, 15) is 4.79 Å². The van der Waals surface area contributed by atoms with Gasteiger partial charge in [-0.3, -0.25) is 4.79 Å². The first-order valence-electron chi connectivity index (χ1n) is 11.7. The zero-order chi connectivity index (χ0) is 25.2. The first kappa shape index (κ1) is 23.6. The van der Waals surface area contributed by atoms with Gasteiger partial charge in [0.25, 0.3) is 0 Å². The van der Waals surface area contributed by atoms with Crippen LogP contribution >= 0.6 is 0 Å². The Morgan fingerprint density at radius 1 is 0.972 bits per heavy atom. The number of halogens is 2. The predicted octanol–water partition coefficient (Wildman–Crippen LogP) is 5.03. The second-order valence-electron chi connectivity index (χ2n) is 8.90. The summed E-state index contributed by atoms with van der Waals surface area (Å²) in [6, 6.07) is 15.7. The Morgan fingerprint density at radius 3 is 2.42 bits per heavy atom. The van der Waals surface area contributed by atoms with Crippen LogP contribution in [0.2, 0.25) is 0 Å². The molecule has 1 aromatic heterocycles. The summed E-state index contributed by atoms with van der Waals surface area (Å²) in [5.74, 6) is -1.49. The second-order valence-corrected chi connectivity index (χ2v) is 8.90. The lowest BCUT2D eigenvalue weighted by molar-refractivity contribution is -0.114. The van der Waals surface area contributed by atoms with Crippen LogP contribution in [-0.2, 0) is 4.79 Å². The summed E-state index contributed by atoms with van der Waals surface area (Å²) >= 11 is 0. The average Bonchev–Trinajstić information content (AvgIpc) is 2.86. The molecule has 0 bridgehead atoms. The van der Waals surface area contributed by atoms with Crippen LogP contribution in [0.4, 0.5) is 31.8 Å². The van der Waals surface area contributed by atoms with E-state index in [4.69, 9.17) is 0 Å². The third-order valence-electron chi connectivity index (χ3n) is 6.24. The van der Waals surface area contributed by atoms with Crippen LogP contribution in [0.25, 0.3) is 22.0 Å². The van der Waals surface area contributed by atoms with Gasteiger partial charge in [0.1, 0.15) is 5.69 Å². The molecule has 0 radical (unpaired) electrons. The molecular formula is C27H26F2N6O. The number of piperazine rings is 1. The second kappa shape index (κ2) is 9.87. The van der Waals surface area contributed by atoms with E-state index in [2.05, 4.69) is 25.5 Å². The molecule has 4 aromatic rings. The van der Waals surface area contributed by atoms with Gasteiger partial charge in [-0.05, 0) is 36.9 Å². The van der Waals surface area contributed by atoms with Crippen molar-refractivity contribution in [2.75, 3.05) is 48.8 Å². The number of benzene rings is 3. The first-order chi connectivity index (χ1) is 17.4. The summed E-state index contributed by atoms with van der Waals surface area (Å²) in [5, 5.41) is 6.28. The number of likely N-dealkylation sites (N-methyl/N-ethyl adjacent to an activating group) is 1. The van der Waals surface area contributed by atoms with E-state index in [0.717, 1.165) is 29.6 Å². The van der Waals surface area contributed by atoms with Gasteiger partial charge in [-0.2, -0.15) is 0 Å². The van der Waals surface area contributed by atoms with Gasteiger partial charge in [0.2, 0.25) is 11.9 Å². The molecule has 0 aliphatic carbocycles. The van der Waals surface area contributed by atoms with Gasteiger partial charge < -0.3 is 20.4 Å². The monoisotopic (exact) mass is 488 g/mol. The van der Waals surface area contributed by atoms with Crippen molar-refractivity contribution < 1.29 is 13.6 Å². The predicted molar refractivity (Wildman–Crippen MR) is 139 cm³/mol. The van der Waals surface area contributed by atoms with E-state index in [1.165, 1.54) is 19.1 Å². The molecule has 1 saturated heterocycles. The van der Waals surface area contributed by atoms with Gasteiger partial charge in [0, 0.05) is 61.6 Å². The van der Waals surface area contributed by atoms with Gasteiger partial charge in [-0.1, -0.05) is 30.3 Å². The van der Waals surface area contributed by atoms with Crippen molar-refractivity contribution in [1.82, 2.24) is 14.9 Å². The summed E-state index contributed by atoms with van der Waals surface area (Å²) in [7, 11) is 2.03. The van der Waals surface area contributed by atoms with Crippen LogP contribution in [0.5, 0.6) is 0 Å². The number of hydrogen-bond acceptors (Lipinski definition) is 6. The Kier molecular flexibility index (Phi) is 6.47. The van der Waals surface area contributed by atoms with Gasteiger partial charge in [0.15, 0.2) is 11.6 Å². The molecular weight excluding hydrogens is 462 g/mol. The molecule has 1 amide bonds. The van der Waals surface area contributed by atoms with E-state index in [0.29, 0.717) is 30.0 Å². The van der Waals surface area contributed by atoms with Crippen LogP contribution in [0, 0.1) is 11.6 Å². The van der Waals surface area contributed by atoms with Gasteiger partial charge in [0.05, 0.1) is 5.52 Å². The van der Waals surface area contributed by atoms with Crippen molar-refractivity contribution in [3.05, 3.63) is 72.4 Å². The van der Waals surface area contributed by atoms with E-state index in [1.54, 1.807) is 12.3 Å². The Morgan fingerprint density at radius 2 is 1.69 bits per heavy atom. The lowest BCUT2D eigenvalue weighted by Crippen LogP contribution is -2.44. The molecule has 7 nitrogen and oxygen atoms in total. The number of hydrogen-bond donors (Lipinski definition) is 2. The molecule has 36 heavy (non-hydrogen) atoms. The number of aromatic nitrogens is 2. The van der Waals surface area contributed by atoms with E-state index in [-0.39, 0.29) is 17.5 Å². The zero-order valence-corrected chi connectivity index (χ0v) is 20.1. The number of nitrogens with zero attached hydrogens (tertiary/aromatic N) is 4. The molecule has 5 rings (SSSR count). The smallest absolute Gasteiger partial charge is 0.227 e. The molecule has 1 aliphatic rings. The maximum Gasteiger partial charge on any atom is 0.227 e. The first-order valence-corrected chi connectivity index (χ1v) is 11.7. The molecule has 9 heteroatoms. The highest BCUT2D eigenvalue weighted by atomic mass is 19.1. The molecule has 1 fully saturated rings. The minimum atomic E-state index is -0.705. The molecule has 0 saturated carbocycles. The number of anilines is 4. The van der Waals surface area contributed by atoms with Crippen LogP contribution in [-0.4, -0.2) is 54.0 Å². The van der Waals surface area contributed by atoms with Crippen molar-refractivity contribution in [3.63, 3.8) is 0 Å². The van der Waals surface area contributed by atoms with Crippen LogP contribution < -0.4 is 15.5 Å². The highest BCUT2D eigenvalue weighted by Gasteiger charge is 2.19. The number of carbonyl (C=O) groups is 1. The Labute approximate surface area is 207 Å². The van der Waals surface area contributed by atoms with Crippen molar-refractivity contribution >= 4 is 39.8 Å². The fraction of sp³-hybridized carbons (Fsp3) is 0.222. The minimum Gasteiger partial charge on any atom is -0.369 e. The quantitative estimate of drug-likeness (QED) is 0.411. The van der Waals surface area contributed by atoms with Crippen LogP contribution in [0.1, 0.15) is 6.92 Å². The Balaban J connectivity index is 1.46. The van der Waals surface area contributed by atoms with Crippen molar-refractivity contribution in [3.8, 4) is 11.1 Å². The molecule has 2 N–H and O–H groups in total. The summed E-state index contributed by atoms with van der Waals surface area (Å²) in [6.07, 6.45) is 1.61. The number of amides is 1. The fourth-order valence-electron chi connectivity index (χ4n) is 4.35. The number of nitrogens with one attached hydrogen (secondary N) is 2. The standard InChI is InChI=1S/C27H26F2N6O/c1-17(36)31-20-7-3-5-18(13-20)22-8-4-6-19-16-30-27(32-25(19)22)33-26-23(28)14-21(15-24(26)29)35-11-9-34(2)10-12-35/h3-8,13-16H,9-12H2,1-2H3,(H,31,36)(H,30,32,33). The van der Waals surface area contributed by atoms with Crippen molar-refractivity contribution in [2.45, 2.75) is 6.92 Å². The third-order valence-corrected chi connectivity index (χ3v) is 6.24. The summed E-state index contributed by atoms with van der Waals surface area (Å²) in [5.41, 5.74) is 3.14. The zero-order valence-electron chi connectivity index (χ0n) is 20.1. The highest BCUT2D eigenvalue weighted by Crippen LogP contribution is 2.31. The van der Waals surface area contributed by atoms with Gasteiger partial charge >= 0.3 is 0 Å². The van der Waals surface area contributed by atoms with E-state index < -0.39 is 11.6 Å². The molecule has 0 unspecified atom stereocenters. The highest BCUT2D eigenvalue weighted by molar-refractivity contribution is 5.95. The largest absolute Gasteiger partial charge is 0.369 e. The Hall–Kier alpha value is -4.11. The molecule has 2 heterocycles. The molecule has 0 spiro atoms. The maximum atomic E-state index is 15.0. The summed E-state index contributed by atoms with van der Waals surface area (Å²) in [6.45, 7) is 4.55. The number of fused-ring (bicyclic) bond motifs is 1. The average molecular weight is 489 g/mol. The lowest BCUT2D eigenvalue weighted by atomic mass is 10.0. The van der Waals surface area contributed by atoms with Gasteiger partial charge in [-0.15, -0.1) is 0 Å². The number of para-hydroxylation sites is 1. The van der Waals surface area contributed by atoms with Crippen LogP contribution in [0.15, 0.2) is 60.8 Å². The van der Waals surface area contributed by atoms with Crippen LogP contribution in [0.3, 0.4) is 0 Å². The number of carbonyl (C=O) groups excluding carboxylic acids is 1. The van der Waals surface area contributed by atoms with Crippen molar-refractivity contribution in [2.24, 2.45) is 0 Å². The minimum absolute atomic E-state index is 0.0816. The van der Waals surface area contributed by atoms with Gasteiger partial charge in [-0.25, -0.2) is 18.7 Å². The summed E-state index contributed by atoms with van der Waals surface area (Å²) in [4.78, 5) is 24.5. The maximum absolute atomic E-state index is 15.0. The fourth-order valence-corrected chi connectivity index (χ4v) is 4.35. The molecule has 3 aromatic carbocycles. The van der Waals surface area contributed by atoms with E-state index in [1.807, 2.05) is 48.3 Å². The SMILES string of the molecule is CC(=O)Nc1cccc(-c2cccc3cnc(Nc4c(F)cc(N5CCN(C)CC5)cc4F)nc23)c1. The normalized spacial score (nSPS) is 14.2. The number of rotatable bonds is 5. The summed E-state index contributed by atoms with van der Waals surface area (Å²) < 4.78 is 30.0. The molecule has 184 valence electrons. The molecule has 1 aliphatic heterocycles. The Bertz CT molecular complexity index is 1410. The lowest BCUT2D eigenvalue weighted by Gasteiger charge is -2.34.